The van der Waals surface area contributed by atoms with E-state index in [9.17, 15) is 18.5 Å². The van der Waals surface area contributed by atoms with Gasteiger partial charge in [-0.1, -0.05) is 18.2 Å². The number of nitro benzene ring substituents is 1. The fraction of sp³-hybridized carbons (Fsp3) is 0.294. The Morgan fingerprint density at radius 2 is 1.84 bits per heavy atom. The second-order valence-corrected chi connectivity index (χ2v) is 7.23. The van der Waals surface area contributed by atoms with Crippen molar-refractivity contribution in [1.82, 2.24) is 4.72 Å². The van der Waals surface area contributed by atoms with Crippen LogP contribution in [0.15, 0.2) is 47.4 Å². The average molecular weight is 364 g/mol. The van der Waals surface area contributed by atoms with Crippen molar-refractivity contribution in [2.24, 2.45) is 0 Å². The van der Waals surface area contributed by atoms with Crippen molar-refractivity contribution in [3.63, 3.8) is 0 Å². The number of hydrogen-bond donors (Lipinski definition) is 1. The third-order valence-electron chi connectivity index (χ3n) is 3.70. The van der Waals surface area contributed by atoms with Crippen molar-refractivity contribution >= 4 is 15.7 Å². The van der Waals surface area contributed by atoms with Gasteiger partial charge in [0.2, 0.25) is 10.0 Å². The van der Waals surface area contributed by atoms with E-state index in [-0.39, 0.29) is 10.6 Å². The molecule has 0 aromatic heterocycles. The summed E-state index contributed by atoms with van der Waals surface area (Å²) in [6.07, 6.45) is 0. The molecule has 0 saturated carbocycles. The number of ether oxygens (including phenoxy) is 1. The lowest BCUT2D eigenvalue weighted by Crippen LogP contribution is -2.27. The molecular weight excluding hydrogens is 344 g/mol. The minimum atomic E-state index is -3.90. The van der Waals surface area contributed by atoms with Gasteiger partial charge in [0.15, 0.2) is 0 Å². The van der Waals surface area contributed by atoms with Crippen LogP contribution in [0.25, 0.3) is 0 Å². The summed E-state index contributed by atoms with van der Waals surface area (Å²) in [5.74, 6) is 0.704. The molecule has 0 bridgehead atoms. The summed E-state index contributed by atoms with van der Waals surface area (Å²) in [5, 5.41) is 10.9. The van der Waals surface area contributed by atoms with Crippen LogP contribution in [0, 0.1) is 17.0 Å². The smallest absolute Gasteiger partial charge is 0.270 e. The molecule has 2 aromatic rings. The molecule has 0 amide bonds. The molecule has 0 unspecified atom stereocenters. The second kappa shape index (κ2) is 7.62. The monoisotopic (exact) mass is 364 g/mol. The van der Waals surface area contributed by atoms with E-state index in [2.05, 4.69) is 4.72 Å². The average Bonchev–Trinajstić information content (AvgIpc) is 2.55. The first-order chi connectivity index (χ1) is 11.7. The number of nitrogens with one attached hydrogen (secondary N) is 1. The Bertz CT molecular complexity index is 863. The number of aryl methyl sites for hydroxylation is 1. The second-order valence-electron chi connectivity index (χ2n) is 5.55. The molecule has 0 saturated heterocycles. The summed E-state index contributed by atoms with van der Waals surface area (Å²) in [5.41, 5.74) is 0.937. The highest BCUT2D eigenvalue weighted by Gasteiger charge is 2.23. The Hall–Kier alpha value is -2.45. The molecule has 1 atom stereocenters. The van der Waals surface area contributed by atoms with E-state index in [1.54, 1.807) is 38.1 Å². The normalized spacial score (nSPS) is 12.6. The summed E-state index contributed by atoms with van der Waals surface area (Å²) < 4.78 is 33.2. The topological polar surface area (TPSA) is 98.5 Å². The third kappa shape index (κ3) is 4.55. The highest BCUT2D eigenvalue weighted by Crippen LogP contribution is 2.24. The van der Waals surface area contributed by atoms with Crippen LogP contribution < -0.4 is 9.46 Å². The van der Waals surface area contributed by atoms with Crippen LogP contribution in [0.2, 0.25) is 0 Å². The van der Waals surface area contributed by atoms with E-state index >= 15 is 0 Å². The zero-order valence-corrected chi connectivity index (χ0v) is 15.0. The number of hydrogen-bond acceptors (Lipinski definition) is 5. The molecule has 0 aliphatic heterocycles. The van der Waals surface area contributed by atoms with Crippen LogP contribution in [0.4, 0.5) is 5.69 Å². The number of sulfonamides is 1. The van der Waals surface area contributed by atoms with Crippen molar-refractivity contribution in [3.8, 4) is 5.75 Å². The lowest BCUT2D eigenvalue weighted by molar-refractivity contribution is -0.385. The summed E-state index contributed by atoms with van der Waals surface area (Å²) in [6, 6.07) is 10.4. The maximum Gasteiger partial charge on any atom is 0.270 e. The van der Waals surface area contributed by atoms with Crippen molar-refractivity contribution in [2.75, 3.05) is 6.61 Å². The fourth-order valence-electron chi connectivity index (χ4n) is 2.38. The summed E-state index contributed by atoms with van der Waals surface area (Å²) >= 11 is 0. The number of nitrogens with zero attached hydrogens (tertiary/aromatic N) is 1. The van der Waals surface area contributed by atoms with Gasteiger partial charge in [0.25, 0.3) is 5.69 Å². The quantitative estimate of drug-likeness (QED) is 0.600. The van der Waals surface area contributed by atoms with E-state index in [0.29, 0.717) is 17.9 Å². The van der Waals surface area contributed by atoms with Gasteiger partial charge in [-0.3, -0.25) is 10.1 Å². The minimum Gasteiger partial charge on any atom is -0.494 e. The minimum absolute atomic E-state index is 0.0977. The lowest BCUT2D eigenvalue weighted by Gasteiger charge is -2.16. The molecule has 8 heteroatoms. The molecule has 7 nitrogen and oxygen atoms in total. The summed E-state index contributed by atoms with van der Waals surface area (Å²) in [6.45, 7) is 5.74. The van der Waals surface area contributed by atoms with Crippen LogP contribution in [0.1, 0.15) is 31.0 Å². The van der Waals surface area contributed by atoms with Gasteiger partial charge in [-0.15, -0.1) is 0 Å². The molecular formula is C17H20N2O5S. The van der Waals surface area contributed by atoms with Gasteiger partial charge in [-0.05, 0) is 44.0 Å². The molecule has 0 fully saturated rings. The Morgan fingerprint density at radius 3 is 2.40 bits per heavy atom. The zero-order valence-electron chi connectivity index (χ0n) is 14.2. The number of rotatable bonds is 7. The highest BCUT2D eigenvalue weighted by molar-refractivity contribution is 7.89. The molecule has 1 N–H and O–H groups in total. The van der Waals surface area contributed by atoms with E-state index < -0.39 is 21.0 Å². The van der Waals surface area contributed by atoms with E-state index in [4.69, 9.17) is 4.74 Å². The first-order valence-corrected chi connectivity index (χ1v) is 9.23. The Balaban J connectivity index is 2.25. The molecule has 134 valence electrons. The Kier molecular flexibility index (Phi) is 5.76. The molecule has 0 aliphatic rings. The van der Waals surface area contributed by atoms with Crippen LogP contribution in [0.5, 0.6) is 5.75 Å². The van der Waals surface area contributed by atoms with Crippen LogP contribution in [-0.4, -0.2) is 19.9 Å². The van der Waals surface area contributed by atoms with E-state index in [1.165, 1.54) is 12.1 Å². The summed E-state index contributed by atoms with van der Waals surface area (Å²) in [7, 11) is -3.90. The molecule has 0 spiro atoms. The van der Waals surface area contributed by atoms with Gasteiger partial charge < -0.3 is 4.74 Å². The third-order valence-corrected chi connectivity index (χ3v) is 5.38. The first kappa shape index (κ1) is 18.9. The Labute approximate surface area is 146 Å². The number of benzene rings is 2. The molecule has 0 radical (unpaired) electrons. The number of non-ortho nitro benzene ring substituents is 1. The zero-order chi connectivity index (χ0) is 18.6. The molecule has 2 rings (SSSR count). The largest absolute Gasteiger partial charge is 0.494 e. The van der Waals surface area contributed by atoms with Crippen molar-refractivity contribution in [3.05, 3.63) is 63.7 Å². The Morgan fingerprint density at radius 1 is 1.20 bits per heavy atom. The first-order valence-electron chi connectivity index (χ1n) is 7.74. The SMILES string of the molecule is CCOc1ccc([C@@H](C)NS(=O)(=O)c2cc([N+](=O)[O-])ccc2C)cc1. The van der Waals surface area contributed by atoms with Gasteiger partial charge >= 0.3 is 0 Å². The van der Waals surface area contributed by atoms with Gasteiger partial charge in [0, 0.05) is 18.2 Å². The molecule has 2 aromatic carbocycles. The standard InChI is InChI=1S/C17H20N2O5S/c1-4-24-16-9-6-14(7-10-16)13(3)18-25(22,23)17-11-15(19(20)21)8-5-12(17)2/h5-11,13,18H,4H2,1-3H3/t13-/m1/s1. The van der Waals surface area contributed by atoms with Crippen molar-refractivity contribution in [1.29, 1.82) is 0 Å². The van der Waals surface area contributed by atoms with Gasteiger partial charge in [-0.2, -0.15) is 0 Å². The fourth-order valence-corrected chi connectivity index (χ4v) is 3.87. The number of nitro groups is 1. The molecule has 0 aliphatic carbocycles. The van der Waals surface area contributed by atoms with E-state index in [1.807, 2.05) is 6.92 Å². The van der Waals surface area contributed by atoms with Gasteiger partial charge in [-0.25, -0.2) is 13.1 Å². The van der Waals surface area contributed by atoms with Crippen LogP contribution in [-0.2, 0) is 10.0 Å². The van der Waals surface area contributed by atoms with Crippen molar-refractivity contribution < 1.29 is 18.1 Å². The van der Waals surface area contributed by atoms with E-state index in [0.717, 1.165) is 11.6 Å². The predicted octanol–water partition coefficient (Wildman–Crippen LogP) is 3.34. The van der Waals surface area contributed by atoms with Crippen LogP contribution in [0.3, 0.4) is 0 Å². The predicted molar refractivity (Wildman–Crippen MR) is 94.2 cm³/mol. The van der Waals surface area contributed by atoms with Gasteiger partial charge in [0.1, 0.15) is 5.75 Å². The highest BCUT2D eigenvalue weighted by atomic mass is 32.2. The van der Waals surface area contributed by atoms with Crippen LogP contribution >= 0.6 is 0 Å². The lowest BCUT2D eigenvalue weighted by atomic mass is 10.1. The van der Waals surface area contributed by atoms with Gasteiger partial charge in [0.05, 0.1) is 16.4 Å². The maximum absolute atomic E-state index is 12.6. The maximum atomic E-state index is 12.6. The summed E-state index contributed by atoms with van der Waals surface area (Å²) in [4.78, 5) is 10.2. The molecule has 0 heterocycles. The van der Waals surface area contributed by atoms with Crippen molar-refractivity contribution in [2.45, 2.75) is 31.7 Å². The molecule has 25 heavy (non-hydrogen) atoms.